The van der Waals surface area contributed by atoms with Crippen molar-refractivity contribution in [3.05, 3.63) is 52.1 Å². The Hall–Kier alpha value is -2.45. The number of fused-ring (bicyclic) bond motifs is 1. The molecule has 31 heavy (non-hydrogen) atoms. The van der Waals surface area contributed by atoms with Gasteiger partial charge in [-0.05, 0) is 43.0 Å². The quantitative estimate of drug-likeness (QED) is 0.656. The van der Waals surface area contributed by atoms with Gasteiger partial charge in [0.25, 0.3) is 0 Å². The van der Waals surface area contributed by atoms with Gasteiger partial charge in [0, 0.05) is 37.8 Å². The van der Waals surface area contributed by atoms with Crippen molar-refractivity contribution in [2.75, 3.05) is 25.0 Å². The van der Waals surface area contributed by atoms with Crippen molar-refractivity contribution in [1.29, 1.82) is 0 Å². The molecule has 0 radical (unpaired) electrons. The number of aromatic nitrogens is 2. The molecule has 0 saturated carbocycles. The second-order valence-electron chi connectivity index (χ2n) is 8.29. The third kappa shape index (κ3) is 4.91. The molecule has 166 valence electrons. The highest BCUT2D eigenvalue weighted by Crippen LogP contribution is 2.27. The Balaban J connectivity index is 1.42. The normalized spacial score (nSPS) is 21.5. The third-order valence-electron chi connectivity index (χ3n) is 6.12. The van der Waals surface area contributed by atoms with Crippen LogP contribution in [0.5, 0.6) is 0 Å². The molecule has 9 heteroatoms. The first kappa shape index (κ1) is 21.8. The van der Waals surface area contributed by atoms with Gasteiger partial charge in [-0.1, -0.05) is 24.6 Å². The molecule has 2 amide bonds. The highest BCUT2D eigenvalue weighted by atomic mass is 35.5. The van der Waals surface area contributed by atoms with Crippen LogP contribution in [-0.2, 0) is 13.0 Å². The summed E-state index contributed by atoms with van der Waals surface area (Å²) in [5.74, 6) is 0.145. The van der Waals surface area contributed by atoms with Gasteiger partial charge >= 0.3 is 6.03 Å². The average molecular weight is 447 g/mol. The summed E-state index contributed by atoms with van der Waals surface area (Å²) in [6.07, 6.45) is 3.55. The zero-order valence-electron chi connectivity index (χ0n) is 17.8. The molecule has 4 rings (SSSR count). The fourth-order valence-corrected chi connectivity index (χ4v) is 4.16. The van der Waals surface area contributed by atoms with Crippen LogP contribution in [0.3, 0.4) is 0 Å². The van der Waals surface area contributed by atoms with Crippen molar-refractivity contribution in [3.63, 3.8) is 0 Å². The summed E-state index contributed by atoms with van der Waals surface area (Å²) in [5.41, 5.74) is 2.79. The van der Waals surface area contributed by atoms with E-state index in [4.69, 9.17) is 11.6 Å². The molecule has 2 aliphatic heterocycles. The second kappa shape index (κ2) is 9.36. The van der Waals surface area contributed by atoms with E-state index in [2.05, 4.69) is 39.8 Å². The number of rotatable bonds is 5. The molecular formula is C22H28ClFN6O. The summed E-state index contributed by atoms with van der Waals surface area (Å²) in [7, 11) is 0. The van der Waals surface area contributed by atoms with E-state index < -0.39 is 5.82 Å². The molecule has 1 saturated heterocycles. The highest BCUT2D eigenvalue weighted by molar-refractivity contribution is 6.30. The minimum absolute atomic E-state index is 0.0125. The SMILES string of the molecule is CCC(C)Nc1ncc2c(n1)CN(C(=O)N[C@@H]1CNC[C@H]1c1ccc(Cl)c(F)c1)CC2. The van der Waals surface area contributed by atoms with Gasteiger partial charge in [0.15, 0.2) is 0 Å². The van der Waals surface area contributed by atoms with E-state index >= 15 is 0 Å². The Morgan fingerprint density at radius 2 is 2.26 bits per heavy atom. The number of amides is 2. The topological polar surface area (TPSA) is 82.2 Å². The number of anilines is 1. The van der Waals surface area contributed by atoms with E-state index in [0.717, 1.165) is 29.7 Å². The van der Waals surface area contributed by atoms with Crippen molar-refractivity contribution in [2.45, 2.75) is 51.2 Å². The molecular weight excluding hydrogens is 419 g/mol. The number of nitrogens with zero attached hydrogens (tertiary/aromatic N) is 3. The summed E-state index contributed by atoms with van der Waals surface area (Å²) >= 11 is 5.82. The zero-order chi connectivity index (χ0) is 22.0. The van der Waals surface area contributed by atoms with Gasteiger partial charge in [-0.15, -0.1) is 0 Å². The molecule has 3 heterocycles. The lowest BCUT2D eigenvalue weighted by Gasteiger charge is -2.30. The fraction of sp³-hybridized carbons (Fsp3) is 0.500. The molecule has 1 aromatic carbocycles. The van der Waals surface area contributed by atoms with Crippen molar-refractivity contribution < 1.29 is 9.18 Å². The molecule has 1 unspecified atom stereocenters. The number of benzene rings is 1. The van der Waals surface area contributed by atoms with Crippen LogP contribution < -0.4 is 16.0 Å². The van der Waals surface area contributed by atoms with Crippen LogP contribution in [0.15, 0.2) is 24.4 Å². The number of hydrogen-bond acceptors (Lipinski definition) is 5. The molecule has 0 spiro atoms. The smallest absolute Gasteiger partial charge is 0.318 e. The Labute approximate surface area is 186 Å². The third-order valence-corrected chi connectivity index (χ3v) is 6.42. The number of hydrogen-bond donors (Lipinski definition) is 3. The molecule has 3 N–H and O–H groups in total. The Kier molecular flexibility index (Phi) is 6.57. The van der Waals surface area contributed by atoms with E-state index in [1.54, 1.807) is 11.0 Å². The van der Waals surface area contributed by atoms with E-state index in [1.807, 2.05) is 12.3 Å². The van der Waals surface area contributed by atoms with Crippen LogP contribution >= 0.6 is 11.6 Å². The van der Waals surface area contributed by atoms with Gasteiger partial charge in [0.2, 0.25) is 5.95 Å². The Morgan fingerprint density at radius 1 is 1.42 bits per heavy atom. The van der Waals surface area contributed by atoms with Gasteiger partial charge in [0.05, 0.1) is 23.3 Å². The first-order valence-electron chi connectivity index (χ1n) is 10.8. The minimum Gasteiger partial charge on any atom is -0.352 e. The van der Waals surface area contributed by atoms with E-state index in [-0.39, 0.29) is 29.1 Å². The van der Waals surface area contributed by atoms with Gasteiger partial charge in [-0.3, -0.25) is 0 Å². The van der Waals surface area contributed by atoms with E-state index in [9.17, 15) is 9.18 Å². The molecule has 1 fully saturated rings. The first-order valence-corrected chi connectivity index (χ1v) is 11.1. The number of urea groups is 1. The van der Waals surface area contributed by atoms with Gasteiger partial charge in [-0.2, -0.15) is 0 Å². The lowest BCUT2D eigenvalue weighted by molar-refractivity contribution is 0.187. The van der Waals surface area contributed by atoms with Crippen molar-refractivity contribution in [1.82, 2.24) is 25.5 Å². The van der Waals surface area contributed by atoms with Crippen LogP contribution in [0.4, 0.5) is 15.1 Å². The van der Waals surface area contributed by atoms with E-state index in [1.165, 1.54) is 6.07 Å². The van der Waals surface area contributed by atoms with Crippen molar-refractivity contribution >= 4 is 23.6 Å². The van der Waals surface area contributed by atoms with E-state index in [0.29, 0.717) is 32.1 Å². The van der Waals surface area contributed by atoms with Crippen LogP contribution in [0.25, 0.3) is 0 Å². The Morgan fingerprint density at radius 3 is 3.03 bits per heavy atom. The number of halogens is 2. The predicted octanol–water partition coefficient (Wildman–Crippen LogP) is 3.30. The standard InChI is InChI=1S/C22H28ClFN6O/c1-3-13(2)27-21-26-9-15-6-7-30(12-20(15)28-21)22(31)29-19-11-25-10-16(19)14-4-5-17(23)18(24)8-14/h4-5,8-9,13,16,19,25H,3,6-7,10-12H2,1-2H3,(H,29,31)(H,26,27,28)/t13?,16-,19+/m0/s1. The predicted molar refractivity (Wildman–Crippen MR) is 119 cm³/mol. The molecule has 1 aromatic heterocycles. The van der Waals surface area contributed by atoms with Gasteiger partial charge in [-0.25, -0.2) is 19.2 Å². The lowest BCUT2D eigenvalue weighted by atomic mass is 9.94. The maximum absolute atomic E-state index is 13.9. The molecule has 2 aromatic rings. The zero-order valence-corrected chi connectivity index (χ0v) is 18.5. The van der Waals surface area contributed by atoms with Crippen LogP contribution in [0.1, 0.15) is 43.0 Å². The number of carbonyl (C=O) groups excluding carboxylic acids is 1. The van der Waals surface area contributed by atoms with Gasteiger partial charge in [0.1, 0.15) is 5.82 Å². The molecule has 7 nitrogen and oxygen atoms in total. The van der Waals surface area contributed by atoms with Crippen LogP contribution in [0.2, 0.25) is 5.02 Å². The molecule has 3 atom stereocenters. The summed E-state index contributed by atoms with van der Waals surface area (Å²) in [6.45, 7) is 6.55. The highest BCUT2D eigenvalue weighted by Gasteiger charge is 2.32. The monoisotopic (exact) mass is 446 g/mol. The number of nitrogens with one attached hydrogen (secondary N) is 3. The summed E-state index contributed by atoms with van der Waals surface area (Å²) in [4.78, 5) is 23.8. The van der Waals surface area contributed by atoms with Crippen molar-refractivity contribution in [2.24, 2.45) is 0 Å². The maximum Gasteiger partial charge on any atom is 0.318 e. The van der Waals surface area contributed by atoms with Gasteiger partial charge < -0.3 is 20.9 Å². The van der Waals surface area contributed by atoms with Crippen LogP contribution in [0, 0.1) is 5.82 Å². The summed E-state index contributed by atoms with van der Waals surface area (Å²) < 4.78 is 13.9. The molecule has 0 aliphatic carbocycles. The first-order chi connectivity index (χ1) is 14.9. The summed E-state index contributed by atoms with van der Waals surface area (Å²) in [5, 5.41) is 9.81. The lowest BCUT2D eigenvalue weighted by Crippen LogP contribution is -2.48. The second-order valence-corrected chi connectivity index (χ2v) is 8.69. The molecule has 0 bridgehead atoms. The summed E-state index contributed by atoms with van der Waals surface area (Å²) in [6, 6.07) is 4.87. The number of carbonyl (C=O) groups is 1. The Bertz CT molecular complexity index is 958. The van der Waals surface area contributed by atoms with Crippen LogP contribution in [-0.4, -0.2) is 52.6 Å². The van der Waals surface area contributed by atoms with Crippen molar-refractivity contribution in [3.8, 4) is 0 Å². The largest absolute Gasteiger partial charge is 0.352 e. The minimum atomic E-state index is -0.440. The average Bonchev–Trinajstić information content (AvgIpc) is 3.23. The molecule has 2 aliphatic rings. The maximum atomic E-state index is 13.9. The fourth-order valence-electron chi connectivity index (χ4n) is 4.04.